The first kappa shape index (κ1) is 18.7. The summed E-state index contributed by atoms with van der Waals surface area (Å²) < 4.78 is 5.24. The first-order valence-electron chi connectivity index (χ1n) is 9.81. The lowest BCUT2D eigenvalue weighted by Crippen LogP contribution is -2.50. The molecule has 1 atom stereocenters. The van der Waals surface area contributed by atoms with E-state index in [9.17, 15) is 9.59 Å². The molecule has 2 aliphatic heterocycles. The van der Waals surface area contributed by atoms with Crippen LogP contribution in [0.2, 0.25) is 0 Å². The fourth-order valence-corrected chi connectivity index (χ4v) is 4.07. The minimum absolute atomic E-state index is 0.0293. The van der Waals surface area contributed by atoms with Gasteiger partial charge in [0, 0.05) is 56.9 Å². The van der Waals surface area contributed by atoms with Gasteiger partial charge in [-0.2, -0.15) is 0 Å². The third kappa shape index (κ3) is 3.67. The molecule has 4 rings (SSSR count). The summed E-state index contributed by atoms with van der Waals surface area (Å²) in [6, 6.07) is 9.58. The van der Waals surface area contributed by atoms with Gasteiger partial charge < -0.3 is 14.3 Å². The molecule has 2 saturated heterocycles. The topological polar surface area (TPSA) is 69.9 Å². The summed E-state index contributed by atoms with van der Waals surface area (Å²) in [6.07, 6.45) is 0.299. The van der Waals surface area contributed by atoms with Gasteiger partial charge in [-0.25, -0.2) is 0 Å². The lowest BCUT2D eigenvalue weighted by molar-refractivity contribution is -0.137. The molecule has 1 aromatic heterocycles. The van der Waals surface area contributed by atoms with Gasteiger partial charge in [0.2, 0.25) is 11.8 Å². The predicted octanol–water partition coefficient (Wildman–Crippen LogP) is 1.99. The minimum atomic E-state index is -0.248. The third-order valence-electron chi connectivity index (χ3n) is 5.79. The SMILES string of the molecule is Cc1noc(C)c1CN1CCN(C(=O)C2CC(=O)N(c3ccccc3)C2)CC1. The van der Waals surface area contributed by atoms with Gasteiger partial charge in [0.15, 0.2) is 0 Å². The molecular formula is C21H26N4O3. The lowest BCUT2D eigenvalue weighted by atomic mass is 10.1. The molecule has 2 amide bonds. The maximum absolute atomic E-state index is 13.0. The number of aryl methyl sites for hydroxylation is 2. The first-order valence-corrected chi connectivity index (χ1v) is 9.81. The summed E-state index contributed by atoms with van der Waals surface area (Å²) in [4.78, 5) is 31.3. The number of carbonyl (C=O) groups excluding carboxylic acids is 2. The van der Waals surface area contributed by atoms with Crippen LogP contribution in [0, 0.1) is 19.8 Å². The Hall–Kier alpha value is -2.67. The summed E-state index contributed by atoms with van der Waals surface area (Å²) >= 11 is 0. The molecule has 2 fully saturated rings. The van der Waals surface area contributed by atoms with Crippen molar-refractivity contribution in [3.63, 3.8) is 0 Å². The van der Waals surface area contributed by atoms with E-state index in [-0.39, 0.29) is 17.7 Å². The van der Waals surface area contributed by atoms with Gasteiger partial charge in [-0.15, -0.1) is 0 Å². The molecule has 2 aromatic rings. The van der Waals surface area contributed by atoms with E-state index in [1.165, 1.54) is 0 Å². The average Bonchev–Trinajstić information content (AvgIpc) is 3.26. The summed E-state index contributed by atoms with van der Waals surface area (Å²) in [5, 5.41) is 4.01. The van der Waals surface area contributed by atoms with Crippen molar-refractivity contribution in [3.05, 3.63) is 47.3 Å². The Balaban J connectivity index is 1.32. The highest BCUT2D eigenvalue weighted by Crippen LogP contribution is 2.26. The van der Waals surface area contributed by atoms with Crippen molar-refractivity contribution in [1.82, 2.24) is 15.0 Å². The van der Waals surface area contributed by atoms with Crippen LogP contribution in [0.15, 0.2) is 34.9 Å². The van der Waals surface area contributed by atoms with Gasteiger partial charge in [-0.1, -0.05) is 23.4 Å². The van der Waals surface area contributed by atoms with Gasteiger partial charge in [-0.05, 0) is 26.0 Å². The summed E-state index contributed by atoms with van der Waals surface area (Å²) in [6.45, 7) is 8.19. The van der Waals surface area contributed by atoms with Crippen LogP contribution in [-0.4, -0.2) is 59.5 Å². The Labute approximate surface area is 164 Å². The Morgan fingerprint density at radius 1 is 1.14 bits per heavy atom. The van der Waals surface area contributed by atoms with Crippen LogP contribution in [-0.2, 0) is 16.1 Å². The maximum Gasteiger partial charge on any atom is 0.228 e. The van der Waals surface area contributed by atoms with E-state index >= 15 is 0 Å². The Kier molecular flexibility index (Phi) is 5.17. The van der Waals surface area contributed by atoms with Crippen LogP contribution in [0.3, 0.4) is 0 Å². The zero-order chi connectivity index (χ0) is 19.7. The largest absolute Gasteiger partial charge is 0.361 e. The van der Waals surface area contributed by atoms with E-state index in [1.54, 1.807) is 4.90 Å². The van der Waals surface area contributed by atoms with Crippen LogP contribution >= 0.6 is 0 Å². The summed E-state index contributed by atoms with van der Waals surface area (Å²) in [7, 11) is 0. The van der Waals surface area contributed by atoms with E-state index in [0.717, 1.165) is 42.3 Å². The average molecular weight is 382 g/mol. The van der Waals surface area contributed by atoms with Crippen molar-refractivity contribution in [2.75, 3.05) is 37.6 Å². The maximum atomic E-state index is 13.0. The van der Waals surface area contributed by atoms with Crippen LogP contribution < -0.4 is 4.90 Å². The molecule has 0 aliphatic carbocycles. The number of hydrogen-bond acceptors (Lipinski definition) is 5. The molecule has 7 nitrogen and oxygen atoms in total. The van der Waals surface area contributed by atoms with Crippen molar-refractivity contribution in [2.45, 2.75) is 26.8 Å². The highest BCUT2D eigenvalue weighted by atomic mass is 16.5. The summed E-state index contributed by atoms with van der Waals surface area (Å²) in [5.74, 6) is 0.744. The van der Waals surface area contributed by atoms with Crippen molar-refractivity contribution in [3.8, 4) is 0 Å². The number of piperazine rings is 1. The second-order valence-corrected chi connectivity index (χ2v) is 7.65. The molecule has 148 valence electrons. The molecule has 7 heteroatoms. The zero-order valence-electron chi connectivity index (χ0n) is 16.4. The van der Waals surface area contributed by atoms with E-state index in [2.05, 4.69) is 10.1 Å². The number of nitrogens with zero attached hydrogens (tertiary/aromatic N) is 4. The molecule has 3 heterocycles. The molecule has 0 saturated carbocycles. The fourth-order valence-electron chi connectivity index (χ4n) is 4.07. The quantitative estimate of drug-likeness (QED) is 0.809. The number of amides is 2. The summed E-state index contributed by atoms with van der Waals surface area (Å²) in [5.41, 5.74) is 2.94. The standard InChI is InChI=1S/C21H26N4O3/c1-15-19(16(2)28-22-15)14-23-8-10-24(11-9-23)21(27)17-12-20(26)25(13-17)18-6-4-3-5-7-18/h3-7,17H,8-14H2,1-2H3. The normalized spacial score (nSPS) is 20.8. The molecule has 1 unspecified atom stereocenters. The molecule has 28 heavy (non-hydrogen) atoms. The van der Waals surface area contributed by atoms with E-state index in [1.807, 2.05) is 49.1 Å². The highest BCUT2D eigenvalue weighted by molar-refractivity contribution is 6.00. The van der Waals surface area contributed by atoms with Crippen LogP contribution in [0.25, 0.3) is 0 Å². The molecule has 0 N–H and O–H groups in total. The second kappa shape index (κ2) is 7.75. The number of para-hydroxylation sites is 1. The minimum Gasteiger partial charge on any atom is -0.361 e. The van der Waals surface area contributed by atoms with Crippen LogP contribution in [0.1, 0.15) is 23.4 Å². The number of rotatable bonds is 4. The van der Waals surface area contributed by atoms with Gasteiger partial charge >= 0.3 is 0 Å². The molecule has 0 spiro atoms. The lowest BCUT2D eigenvalue weighted by Gasteiger charge is -2.35. The van der Waals surface area contributed by atoms with Crippen molar-refractivity contribution in [2.24, 2.45) is 5.92 Å². The Morgan fingerprint density at radius 2 is 1.86 bits per heavy atom. The van der Waals surface area contributed by atoms with Crippen LogP contribution in [0.4, 0.5) is 5.69 Å². The molecule has 1 aromatic carbocycles. The van der Waals surface area contributed by atoms with E-state index in [4.69, 9.17) is 4.52 Å². The van der Waals surface area contributed by atoms with Gasteiger partial charge in [0.05, 0.1) is 11.6 Å². The van der Waals surface area contributed by atoms with Crippen molar-refractivity contribution >= 4 is 17.5 Å². The Morgan fingerprint density at radius 3 is 2.50 bits per heavy atom. The van der Waals surface area contributed by atoms with Crippen LogP contribution in [0.5, 0.6) is 0 Å². The van der Waals surface area contributed by atoms with Crippen molar-refractivity contribution < 1.29 is 14.1 Å². The van der Waals surface area contributed by atoms with E-state index in [0.29, 0.717) is 26.1 Å². The van der Waals surface area contributed by atoms with E-state index < -0.39 is 0 Å². The molecular weight excluding hydrogens is 356 g/mol. The number of anilines is 1. The monoisotopic (exact) mass is 382 g/mol. The van der Waals surface area contributed by atoms with Gasteiger partial charge in [0.1, 0.15) is 5.76 Å². The number of aromatic nitrogens is 1. The third-order valence-corrected chi connectivity index (χ3v) is 5.79. The van der Waals surface area contributed by atoms with Crippen molar-refractivity contribution in [1.29, 1.82) is 0 Å². The van der Waals surface area contributed by atoms with Gasteiger partial charge in [0.25, 0.3) is 0 Å². The predicted molar refractivity (Wildman–Crippen MR) is 105 cm³/mol. The number of hydrogen-bond donors (Lipinski definition) is 0. The second-order valence-electron chi connectivity index (χ2n) is 7.65. The number of carbonyl (C=O) groups is 2. The Bertz CT molecular complexity index is 836. The first-order chi connectivity index (χ1) is 13.5. The smallest absolute Gasteiger partial charge is 0.228 e. The zero-order valence-corrected chi connectivity index (χ0v) is 16.4. The van der Waals surface area contributed by atoms with Gasteiger partial charge in [-0.3, -0.25) is 14.5 Å². The molecule has 0 radical (unpaired) electrons. The molecule has 0 bridgehead atoms. The highest BCUT2D eigenvalue weighted by Gasteiger charge is 2.37. The number of benzene rings is 1. The fraction of sp³-hybridized carbons (Fsp3) is 0.476. The molecule has 2 aliphatic rings.